The fraction of sp³-hybridized carbons (Fsp3) is 0.0270. The van der Waals surface area contributed by atoms with E-state index in [9.17, 15) is 0 Å². The SMILES string of the molecule is c1ccc(C2(c3ccccc3)c3ccccc3-c3ccc(N(c4ccc(-c5cccc6oc7ccccc7c56)cc4)c4ccc5c(c4)C4(c6ccccc6-5)c5ccccc5-n5c6ccccc6c6cccc4c65)cc32)cc1. The number of nitrogens with zero attached hydrogens (tertiary/aromatic N) is 2. The highest BCUT2D eigenvalue weighted by Crippen LogP contribution is 2.63. The number of aromatic nitrogens is 1. The molecular weight excluding hydrogens is 933 g/mol. The second kappa shape index (κ2) is 15.8. The van der Waals surface area contributed by atoms with Crippen LogP contribution in [0.1, 0.15) is 44.5 Å². The molecule has 3 heterocycles. The van der Waals surface area contributed by atoms with Crippen molar-refractivity contribution >= 4 is 60.8 Å². The van der Waals surface area contributed by atoms with Crippen LogP contribution in [0.3, 0.4) is 0 Å². The Morgan fingerprint density at radius 3 is 1.52 bits per heavy atom. The largest absolute Gasteiger partial charge is 0.456 e. The van der Waals surface area contributed by atoms with E-state index in [0.29, 0.717) is 0 Å². The number of anilines is 3. The third kappa shape index (κ3) is 5.54. The van der Waals surface area contributed by atoms with Crippen molar-refractivity contribution in [1.29, 1.82) is 0 Å². The Kier molecular flexibility index (Phi) is 8.69. The topological polar surface area (TPSA) is 21.3 Å². The Bertz CT molecular complexity index is 4710. The fourth-order valence-electron chi connectivity index (χ4n) is 14.5. The van der Waals surface area contributed by atoms with E-state index in [4.69, 9.17) is 4.42 Å². The van der Waals surface area contributed by atoms with Gasteiger partial charge in [-0.1, -0.05) is 218 Å². The molecule has 1 unspecified atom stereocenters. The highest BCUT2D eigenvalue weighted by atomic mass is 16.3. The first-order chi connectivity index (χ1) is 38.2. The van der Waals surface area contributed by atoms with Crippen molar-refractivity contribution in [3.8, 4) is 39.1 Å². The van der Waals surface area contributed by atoms with Crippen molar-refractivity contribution in [2.45, 2.75) is 10.8 Å². The zero-order valence-electron chi connectivity index (χ0n) is 41.9. The molecule has 12 aromatic carbocycles. The molecule has 0 radical (unpaired) electrons. The molecule has 0 amide bonds. The van der Waals surface area contributed by atoms with E-state index in [1.165, 1.54) is 94.3 Å². The Morgan fingerprint density at radius 1 is 0.312 bits per heavy atom. The summed E-state index contributed by atoms with van der Waals surface area (Å²) in [6.45, 7) is 0. The molecule has 14 aromatic rings. The van der Waals surface area contributed by atoms with E-state index in [2.05, 4.69) is 282 Å². The molecule has 0 bridgehead atoms. The van der Waals surface area contributed by atoms with Crippen molar-refractivity contribution in [1.82, 2.24) is 4.57 Å². The molecule has 0 N–H and O–H groups in total. The summed E-state index contributed by atoms with van der Waals surface area (Å²) in [4.78, 5) is 2.50. The predicted molar refractivity (Wildman–Crippen MR) is 316 cm³/mol. The van der Waals surface area contributed by atoms with Gasteiger partial charge in [-0.3, -0.25) is 0 Å². The van der Waals surface area contributed by atoms with Gasteiger partial charge >= 0.3 is 0 Å². The molecular formula is C74H46N2O. The Morgan fingerprint density at radius 2 is 0.805 bits per heavy atom. The second-order valence-corrected chi connectivity index (χ2v) is 21.0. The normalized spacial score (nSPS) is 15.2. The molecule has 3 aliphatic rings. The van der Waals surface area contributed by atoms with Crippen molar-refractivity contribution in [3.05, 3.63) is 324 Å². The summed E-state index contributed by atoms with van der Waals surface area (Å²) in [6.07, 6.45) is 0. The van der Waals surface area contributed by atoms with Gasteiger partial charge in [-0.2, -0.15) is 0 Å². The smallest absolute Gasteiger partial charge is 0.136 e. The molecule has 2 aromatic heterocycles. The Labute approximate surface area is 445 Å². The molecule has 1 spiro atoms. The van der Waals surface area contributed by atoms with Crippen LogP contribution in [0, 0.1) is 0 Å². The number of rotatable bonds is 6. The van der Waals surface area contributed by atoms with Crippen molar-refractivity contribution < 1.29 is 4.42 Å². The van der Waals surface area contributed by atoms with Gasteiger partial charge in [0.1, 0.15) is 11.2 Å². The molecule has 17 rings (SSSR count). The van der Waals surface area contributed by atoms with E-state index in [0.717, 1.165) is 50.1 Å². The molecule has 358 valence electrons. The van der Waals surface area contributed by atoms with Gasteiger partial charge in [-0.15, -0.1) is 0 Å². The monoisotopic (exact) mass is 978 g/mol. The zero-order valence-corrected chi connectivity index (χ0v) is 41.9. The summed E-state index contributed by atoms with van der Waals surface area (Å²) >= 11 is 0. The van der Waals surface area contributed by atoms with E-state index < -0.39 is 10.8 Å². The van der Waals surface area contributed by atoms with Crippen LogP contribution in [-0.2, 0) is 10.8 Å². The Balaban J connectivity index is 0.937. The fourth-order valence-corrected chi connectivity index (χ4v) is 14.5. The summed E-state index contributed by atoms with van der Waals surface area (Å²) in [7, 11) is 0. The number of benzene rings is 12. The minimum atomic E-state index is -0.612. The first kappa shape index (κ1) is 42.4. The molecule has 3 heteroatoms. The van der Waals surface area contributed by atoms with Crippen LogP contribution in [0.15, 0.2) is 283 Å². The van der Waals surface area contributed by atoms with Crippen LogP contribution in [0.4, 0.5) is 17.1 Å². The highest BCUT2D eigenvalue weighted by molar-refractivity contribution is 6.14. The van der Waals surface area contributed by atoms with Gasteiger partial charge in [0.15, 0.2) is 0 Å². The van der Waals surface area contributed by atoms with Gasteiger partial charge in [0.05, 0.1) is 27.6 Å². The molecule has 3 nitrogen and oxygen atoms in total. The molecule has 0 fully saturated rings. The quantitative estimate of drug-likeness (QED) is 0.166. The van der Waals surface area contributed by atoms with Crippen LogP contribution in [0.25, 0.3) is 82.8 Å². The molecule has 1 atom stereocenters. The van der Waals surface area contributed by atoms with Crippen LogP contribution < -0.4 is 4.90 Å². The van der Waals surface area contributed by atoms with E-state index in [1.807, 2.05) is 6.07 Å². The lowest BCUT2D eigenvalue weighted by Crippen LogP contribution is -2.33. The summed E-state index contributed by atoms with van der Waals surface area (Å²) in [5.74, 6) is 0. The van der Waals surface area contributed by atoms with Gasteiger partial charge in [-0.05, 0) is 139 Å². The molecule has 2 aliphatic carbocycles. The maximum atomic E-state index is 6.41. The maximum absolute atomic E-state index is 6.41. The molecule has 0 saturated carbocycles. The van der Waals surface area contributed by atoms with Gasteiger partial charge in [0.2, 0.25) is 0 Å². The summed E-state index contributed by atoms with van der Waals surface area (Å²) in [6, 6.07) is 104. The van der Waals surface area contributed by atoms with Crippen LogP contribution in [0.2, 0.25) is 0 Å². The number of fused-ring (bicyclic) bond motifs is 18. The standard InChI is InChI=1S/C74H46N2O/c1-3-19-48(20-4-1)73(49-21-5-2-6-22-49)61-29-11-7-23-54(61)56-43-41-51(45-65(56)73)75(50-39-37-47(38-40-50)53-27-18-36-70-71(53)60-26-10-16-35-69(60)77-70)52-42-44-57-55-24-8-12-30-62(55)74(66(57)46-52)63-31-13-15-34-68(63)76-67-33-14-9-25-58(67)59-28-17-32-64(74)72(59)76/h1-46H. The van der Waals surface area contributed by atoms with Crippen molar-refractivity contribution in [3.63, 3.8) is 0 Å². The van der Waals surface area contributed by atoms with E-state index in [-0.39, 0.29) is 0 Å². The average molecular weight is 979 g/mol. The molecule has 77 heavy (non-hydrogen) atoms. The van der Waals surface area contributed by atoms with Gasteiger partial charge in [0.25, 0.3) is 0 Å². The predicted octanol–water partition coefficient (Wildman–Crippen LogP) is 18.9. The van der Waals surface area contributed by atoms with Crippen molar-refractivity contribution in [2.75, 3.05) is 4.90 Å². The van der Waals surface area contributed by atoms with Crippen molar-refractivity contribution in [2.24, 2.45) is 0 Å². The summed E-state index contributed by atoms with van der Waals surface area (Å²) in [5.41, 5.74) is 25.1. The second-order valence-electron chi connectivity index (χ2n) is 21.0. The lowest BCUT2D eigenvalue weighted by atomic mass is 9.65. The Hall–Kier alpha value is -9.96. The summed E-state index contributed by atoms with van der Waals surface area (Å²) < 4.78 is 8.93. The van der Waals surface area contributed by atoms with Crippen LogP contribution >= 0.6 is 0 Å². The first-order valence-corrected chi connectivity index (χ1v) is 26.7. The molecule has 1 aliphatic heterocycles. The van der Waals surface area contributed by atoms with E-state index in [1.54, 1.807) is 0 Å². The lowest BCUT2D eigenvalue weighted by molar-refractivity contribution is 0.669. The minimum absolute atomic E-state index is 0.571. The highest BCUT2D eigenvalue weighted by Gasteiger charge is 2.51. The lowest BCUT2D eigenvalue weighted by Gasteiger charge is -2.40. The van der Waals surface area contributed by atoms with E-state index >= 15 is 0 Å². The van der Waals surface area contributed by atoms with Gasteiger partial charge < -0.3 is 13.9 Å². The van der Waals surface area contributed by atoms with Crippen LogP contribution in [0.5, 0.6) is 0 Å². The average Bonchev–Trinajstić information content (AvgIpc) is 4.27. The van der Waals surface area contributed by atoms with Gasteiger partial charge in [-0.25, -0.2) is 0 Å². The third-order valence-corrected chi connectivity index (χ3v) is 17.5. The van der Waals surface area contributed by atoms with Gasteiger partial charge in [0, 0.05) is 38.6 Å². The zero-order chi connectivity index (χ0) is 50.4. The number of hydrogen-bond acceptors (Lipinski definition) is 2. The first-order valence-electron chi connectivity index (χ1n) is 26.7. The molecule has 0 saturated heterocycles. The number of para-hydroxylation sites is 4. The number of furan rings is 1. The summed E-state index contributed by atoms with van der Waals surface area (Å²) in [5, 5.41) is 4.80. The minimum Gasteiger partial charge on any atom is -0.456 e. The van der Waals surface area contributed by atoms with Crippen LogP contribution in [-0.4, -0.2) is 4.57 Å². The number of hydrogen-bond donors (Lipinski definition) is 0. The third-order valence-electron chi connectivity index (χ3n) is 17.5. The maximum Gasteiger partial charge on any atom is 0.136 e.